The van der Waals surface area contributed by atoms with Crippen molar-refractivity contribution in [3.05, 3.63) is 46.3 Å². The maximum atomic E-state index is 6.00. The molecule has 148 valence electrons. The molecular formula is C22H30N6. The van der Waals surface area contributed by atoms with Crippen LogP contribution in [0.2, 0.25) is 0 Å². The number of fused-ring (bicyclic) bond motifs is 1. The van der Waals surface area contributed by atoms with Crippen molar-refractivity contribution in [3.63, 3.8) is 0 Å². The van der Waals surface area contributed by atoms with Gasteiger partial charge in [-0.2, -0.15) is 0 Å². The second-order valence-corrected chi connectivity index (χ2v) is 7.53. The molecule has 0 atom stereocenters. The zero-order valence-corrected chi connectivity index (χ0v) is 16.4. The molecule has 0 amide bonds. The van der Waals surface area contributed by atoms with Crippen molar-refractivity contribution < 1.29 is 0 Å². The average molecular weight is 379 g/mol. The summed E-state index contributed by atoms with van der Waals surface area (Å²) in [6.07, 6.45) is 6.12. The minimum atomic E-state index is -0.517. The van der Waals surface area contributed by atoms with Gasteiger partial charge in [-0.25, -0.2) is 0 Å². The monoisotopic (exact) mass is 378 g/mol. The number of piperidine rings is 1. The Labute approximate surface area is 166 Å². The van der Waals surface area contributed by atoms with E-state index in [9.17, 15) is 0 Å². The van der Waals surface area contributed by atoms with E-state index in [2.05, 4.69) is 57.8 Å². The smallest absolute Gasteiger partial charge is 0.0805 e. The molecule has 6 heteroatoms. The van der Waals surface area contributed by atoms with Crippen LogP contribution in [0.4, 0.5) is 11.4 Å². The first-order valence-electron chi connectivity index (χ1n) is 10.0. The molecule has 6 nitrogen and oxygen atoms in total. The van der Waals surface area contributed by atoms with Crippen LogP contribution in [0, 0.1) is 0 Å². The molecule has 0 unspecified atom stereocenters. The third-order valence-corrected chi connectivity index (χ3v) is 5.61. The van der Waals surface area contributed by atoms with Gasteiger partial charge in [0.25, 0.3) is 0 Å². The third kappa shape index (κ3) is 3.85. The lowest BCUT2D eigenvalue weighted by Gasteiger charge is -2.26. The molecule has 0 radical (unpaired) electrons. The lowest BCUT2D eigenvalue weighted by Crippen LogP contribution is -2.40. The number of nitrogens with one attached hydrogen (secondary N) is 4. The van der Waals surface area contributed by atoms with E-state index in [0.29, 0.717) is 6.04 Å². The fourth-order valence-electron chi connectivity index (χ4n) is 4.05. The number of nitrogens with two attached hydrogens (primary N) is 2. The second-order valence-electron chi connectivity index (χ2n) is 7.53. The summed E-state index contributed by atoms with van der Waals surface area (Å²) >= 11 is 0. The van der Waals surface area contributed by atoms with Crippen molar-refractivity contribution in [3.8, 4) is 11.1 Å². The first-order chi connectivity index (χ1) is 13.7. The molecule has 28 heavy (non-hydrogen) atoms. The lowest BCUT2D eigenvalue weighted by molar-refractivity contribution is 0.479. The molecule has 0 aliphatic carbocycles. The quantitative estimate of drug-likeness (QED) is 0.426. The van der Waals surface area contributed by atoms with Crippen LogP contribution in [0.1, 0.15) is 24.6 Å². The summed E-state index contributed by atoms with van der Waals surface area (Å²) in [5.41, 5.74) is 17.4. The largest absolute Gasteiger partial charge is 0.388 e. The molecule has 0 spiro atoms. The predicted octanol–water partition coefficient (Wildman–Crippen LogP) is 0.597. The van der Waals surface area contributed by atoms with E-state index >= 15 is 0 Å². The molecule has 2 aliphatic rings. The van der Waals surface area contributed by atoms with E-state index < -0.39 is 6.17 Å². The van der Waals surface area contributed by atoms with E-state index in [1.807, 2.05) is 13.1 Å². The Morgan fingerprint density at radius 3 is 2.61 bits per heavy atom. The average Bonchev–Trinajstić information content (AvgIpc) is 2.74. The Balaban J connectivity index is 1.78. The van der Waals surface area contributed by atoms with Gasteiger partial charge in [-0.05, 0) is 66.5 Å². The summed E-state index contributed by atoms with van der Waals surface area (Å²) < 4.78 is 0. The lowest BCUT2D eigenvalue weighted by atomic mass is 9.97. The van der Waals surface area contributed by atoms with Crippen molar-refractivity contribution in [2.75, 3.05) is 37.3 Å². The van der Waals surface area contributed by atoms with E-state index in [4.69, 9.17) is 11.5 Å². The maximum Gasteiger partial charge on any atom is 0.0805 e. The summed E-state index contributed by atoms with van der Waals surface area (Å²) in [6, 6.07) is 11.3. The minimum Gasteiger partial charge on any atom is -0.388 e. The molecule has 0 saturated carbocycles. The van der Waals surface area contributed by atoms with Gasteiger partial charge in [0.05, 0.1) is 6.17 Å². The Hall–Kier alpha value is -2.54. The predicted molar refractivity (Wildman–Crippen MR) is 118 cm³/mol. The summed E-state index contributed by atoms with van der Waals surface area (Å²) in [7, 11) is 1.89. The number of anilines is 2. The van der Waals surface area contributed by atoms with Crippen molar-refractivity contribution in [2.24, 2.45) is 11.5 Å². The summed E-state index contributed by atoms with van der Waals surface area (Å²) in [6.45, 7) is 2.98. The van der Waals surface area contributed by atoms with E-state index in [1.165, 1.54) is 21.7 Å². The van der Waals surface area contributed by atoms with Crippen LogP contribution in [0.15, 0.2) is 30.3 Å². The van der Waals surface area contributed by atoms with Crippen LogP contribution in [0.25, 0.3) is 23.4 Å². The van der Waals surface area contributed by atoms with Gasteiger partial charge in [-0.3, -0.25) is 0 Å². The molecule has 2 aromatic rings. The summed E-state index contributed by atoms with van der Waals surface area (Å²) in [5.74, 6) is 0. The van der Waals surface area contributed by atoms with Crippen LogP contribution in [-0.4, -0.2) is 32.7 Å². The zero-order chi connectivity index (χ0) is 19.5. The number of hydrogen-bond donors (Lipinski definition) is 6. The van der Waals surface area contributed by atoms with Crippen molar-refractivity contribution in [1.29, 1.82) is 0 Å². The molecule has 1 saturated heterocycles. The number of rotatable bonds is 5. The normalized spacial score (nSPS) is 16.6. The molecule has 1 fully saturated rings. The van der Waals surface area contributed by atoms with Crippen LogP contribution in [0.5, 0.6) is 0 Å². The van der Waals surface area contributed by atoms with Gasteiger partial charge in [0.15, 0.2) is 0 Å². The van der Waals surface area contributed by atoms with Gasteiger partial charge in [-0.15, -0.1) is 0 Å². The first kappa shape index (κ1) is 18.8. The van der Waals surface area contributed by atoms with Gasteiger partial charge in [0, 0.05) is 48.0 Å². The fraction of sp³-hybridized carbons (Fsp3) is 0.364. The van der Waals surface area contributed by atoms with Crippen LogP contribution in [0.3, 0.4) is 0 Å². The Morgan fingerprint density at radius 2 is 1.86 bits per heavy atom. The minimum absolute atomic E-state index is 0.496. The molecular weight excluding hydrogens is 348 g/mol. The van der Waals surface area contributed by atoms with Crippen molar-refractivity contribution >= 4 is 23.7 Å². The zero-order valence-electron chi connectivity index (χ0n) is 16.4. The Kier molecular flexibility index (Phi) is 5.52. The van der Waals surface area contributed by atoms with Gasteiger partial charge in [0.1, 0.15) is 0 Å². The third-order valence-electron chi connectivity index (χ3n) is 5.61. The van der Waals surface area contributed by atoms with Crippen LogP contribution < -0.4 is 43.2 Å². The van der Waals surface area contributed by atoms with Gasteiger partial charge < -0.3 is 32.7 Å². The Bertz CT molecular complexity index is 960. The Morgan fingerprint density at radius 1 is 1.04 bits per heavy atom. The summed E-state index contributed by atoms with van der Waals surface area (Å²) in [4.78, 5) is 0. The van der Waals surface area contributed by atoms with Gasteiger partial charge >= 0.3 is 0 Å². The molecule has 2 aliphatic heterocycles. The topological polar surface area (TPSA) is 100 Å². The number of hydrogen-bond acceptors (Lipinski definition) is 6. The number of benzene rings is 2. The van der Waals surface area contributed by atoms with Crippen molar-refractivity contribution in [1.82, 2.24) is 10.6 Å². The summed E-state index contributed by atoms with van der Waals surface area (Å²) in [5, 5.41) is 16.2. The standard InChI is InChI=1S/C22H30N6/c1-25-20-3-2-14(11-18(20)22(23)24)16-10-15-4-7-27-13-19(15)21(12-16)28-17-5-8-26-9-6-17/h2-4,10-13,17,22,25-28H,5-9,23-24H2,1H3. The molecule has 8 N–H and O–H groups in total. The highest BCUT2D eigenvalue weighted by molar-refractivity contribution is 5.73. The first-order valence-corrected chi connectivity index (χ1v) is 10.0. The van der Waals surface area contributed by atoms with Crippen LogP contribution >= 0.6 is 0 Å². The maximum absolute atomic E-state index is 6.00. The fourth-order valence-corrected chi connectivity index (χ4v) is 4.05. The molecule has 2 heterocycles. The molecule has 0 bridgehead atoms. The highest BCUT2D eigenvalue weighted by atomic mass is 15.0. The van der Waals surface area contributed by atoms with E-state index in [0.717, 1.165) is 49.3 Å². The van der Waals surface area contributed by atoms with Crippen LogP contribution in [-0.2, 0) is 0 Å². The van der Waals surface area contributed by atoms with Gasteiger partial charge in [-0.1, -0.05) is 12.1 Å². The van der Waals surface area contributed by atoms with E-state index in [1.54, 1.807) is 0 Å². The molecule has 2 aromatic carbocycles. The SMILES string of the molecule is CNc1ccc(-c2cc(NC3CCNCC3)c3c(c2)=CCNC=3)cc1C(N)N. The highest BCUT2D eigenvalue weighted by Crippen LogP contribution is 2.27. The second kappa shape index (κ2) is 8.22. The molecule has 0 aromatic heterocycles. The van der Waals surface area contributed by atoms with E-state index in [-0.39, 0.29) is 0 Å². The molecule has 4 rings (SSSR count). The highest BCUT2D eigenvalue weighted by Gasteiger charge is 2.15. The van der Waals surface area contributed by atoms with Crippen molar-refractivity contribution in [2.45, 2.75) is 25.0 Å². The van der Waals surface area contributed by atoms with Gasteiger partial charge in [0.2, 0.25) is 0 Å².